The average Bonchev–Trinajstić information content (AvgIpc) is 2.55. The number of hydrogen-bond acceptors (Lipinski definition) is 4. The van der Waals surface area contributed by atoms with E-state index in [2.05, 4.69) is 0 Å². The van der Waals surface area contributed by atoms with Crippen LogP contribution in [-0.2, 0) is 27.3 Å². The Labute approximate surface area is 131 Å². The van der Waals surface area contributed by atoms with Gasteiger partial charge in [-0.3, -0.25) is 4.18 Å². The maximum absolute atomic E-state index is 11.2. The van der Waals surface area contributed by atoms with E-state index in [4.69, 9.17) is 8.92 Å². The van der Waals surface area contributed by atoms with Crippen molar-refractivity contribution in [1.82, 2.24) is 0 Å². The molecule has 0 atom stereocenters. The van der Waals surface area contributed by atoms with Gasteiger partial charge in [0, 0.05) is 0 Å². The summed E-state index contributed by atoms with van der Waals surface area (Å²) in [5.41, 5.74) is 2.13. The lowest BCUT2D eigenvalue weighted by molar-refractivity contribution is 0.305. The Morgan fingerprint density at radius 3 is 2.23 bits per heavy atom. The van der Waals surface area contributed by atoms with Gasteiger partial charge in [-0.2, -0.15) is 8.42 Å². The molecule has 2 aromatic carbocycles. The quantitative estimate of drug-likeness (QED) is 0.701. The normalized spacial score (nSPS) is 11.3. The smallest absolute Gasteiger partial charge is 0.267 e. The fraction of sp³-hybridized carbons (Fsp3) is 0.294. The van der Waals surface area contributed by atoms with Gasteiger partial charge in [-0.1, -0.05) is 42.5 Å². The van der Waals surface area contributed by atoms with Gasteiger partial charge in [0.05, 0.1) is 12.4 Å². The molecule has 0 heterocycles. The summed E-state index contributed by atoms with van der Waals surface area (Å²) in [5.74, 6) is 0.786. The highest BCUT2D eigenvalue weighted by molar-refractivity contribution is 7.86. The molecule has 0 aliphatic rings. The summed E-state index contributed by atoms with van der Waals surface area (Å²) in [6.07, 6.45) is 0.554. The van der Waals surface area contributed by atoms with Crippen LogP contribution in [-0.4, -0.2) is 20.8 Å². The summed E-state index contributed by atoms with van der Waals surface area (Å²) in [4.78, 5) is 0. The molecular weight excluding hydrogens is 300 g/mol. The first-order valence-corrected chi connectivity index (χ1v) is 8.79. The van der Waals surface area contributed by atoms with Gasteiger partial charge in [-0.25, -0.2) is 0 Å². The summed E-state index contributed by atoms with van der Waals surface area (Å²) in [6.45, 7) is 2.26. The van der Waals surface area contributed by atoms with Crippen LogP contribution in [0.1, 0.15) is 18.1 Å². The van der Waals surface area contributed by atoms with Crippen LogP contribution in [0, 0.1) is 0 Å². The molecule has 0 saturated carbocycles. The second-order valence-electron chi connectivity index (χ2n) is 4.84. The van der Waals surface area contributed by atoms with E-state index < -0.39 is 10.1 Å². The molecule has 0 N–H and O–H groups in total. The third kappa shape index (κ3) is 5.50. The largest absolute Gasteiger partial charge is 0.489 e. The predicted molar refractivity (Wildman–Crippen MR) is 86.3 cm³/mol. The fourth-order valence-electron chi connectivity index (χ4n) is 1.86. The van der Waals surface area contributed by atoms with E-state index in [1.165, 1.54) is 0 Å². The Hall–Kier alpha value is -1.85. The Morgan fingerprint density at radius 2 is 1.59 bits per heavy atom. The maximum atomic E-state index is 11.2. The van der Waals surface area contributed by atoms with Crippen LogP contribution in [0.15, 0.2) is 54.6 Å². The molecule has 2 rings (SSSR count). The molecule has 0 spiro atoms. The Balaban J connectivity index is 1.80. The van der Waals surface area contributed by atoms with Gasteiger partial charge in [0.25, 0.3) is 10.1 Å². The molecule has 22 heavy (non-hydrogen) atoms. The van der Waals surface area contributed by atoms with Crippen molar-refractivity contribution in [2.24, 2.45) is 0 Å². The minimum atomic E-state index is -3.36. The highest BCUT2D eigenvalue weighted by Gasteiger charge is 2.06. The van der Waals surface area contributed by atoms with Gasteiger partial charge < -0.3 is 4.74 Å². The van der Waals surface area contributed by atoms with Crippen LogP contribution < -0.4 is 4.74 Å². The first-order valence-electron chi connectivity index (χ1n) is 7.22. The first kappa shape index (κ1) is 16.5. The van der Waals surface area contributed by atoms with E-state index in [1.807, 2.05) is 54.6 Å². The minimum absolute atomic E-state index is 0.000730. The molecule has 0 bridgehead atoms. The molecule has 118 valence electrons. The van der Waals surface area contributed by atoms with E-state index >= 15 is 0 Å². The van der Waals surface area contributed by atoms with E-state index in [1.54, 1.807) is 6.92 Å². The number of rotatable bonds is 8. The van der Waals surface area contributed by atoms with Crippen LogP contribution in [0.2, 0.25) is 0 Å². The standard InChI is InChI=1S/C17H20O4S/c1-2-22(18,19)21-13-12-15-8-10-17(11-9-15)20-14-16-6-4-3-5-7-16/h3-11H,2,12-14H2,1H3. The summed E-state index contributed by atoms with van der Waals surface area (Å²) in [6, 6.07) is 17.6. The zero-order chi connectivity index (χ0) is 15.8. The molecule has 0 amide bonds. The Kier molecular flexibility index (Phi) is 5.98. The number of ether oxygens (including phenoxy) is 1. The summed E-state index contributed by atoms with van der Waals surface area (Å²) < 4.78 is 33.0. The molecule has 0 unspecified atom stereocenters. The lowest BCUT2D eigenvalue weighted by Gasteiger charge is -2.08. The van der Waals surface area contributed by atoms with E-state index in [0.29, 0.717) is 13.0 Å². The van der Waals surface area contributed by atoms with Crippen molar-refractivity contribution in [2.75, 3.05) is 12.4 Å². The third-order valence-electron chi connectivity index (χ3n) is 3.18. The van der Waals surface area contributed by atoms with Gasteiger partial charge in [-0.05, 0) is 36.6 Å². The topological polar surface area (TPSA) is 52.6 Å². The zero-order valence-corrected chi connectivity index (χ0v) is 13.4. The zero-order valence-electron chi connectivity index (χ0n) is 12.6. The van der Waals surface area contributed by atoms with Crippen LogP contribution in [0.5, 0.6) is 5.75 Å². The SMILES string of the molecule is CCS(=O)(=O)OCCc1ccc(OCc2ccccc2)cc1. The third-order valence-corrected chi connectivity index (χ3v) is 4.41. The Bertz CT molecular complexity index is 664. The van der Waals surface area contributed by atoms with Crippen molar-refractivity contribution in [3.05, 3.63) is 65.7 Å². The monoisotopic (exact) mass is 320 g/mol. The number of hydrogen-bond donors (Lipinski definition) is 0. The second-order valence-corrected chi connectivity index (χ2v) is 6.76. The summed E-state index contributed by atoms with van der Waals surface area (Å²) in [7, 11) is -3.36. The lowest BCUT2D eigenvalue weighted by Crippen LogP contribution is -2.10. The van der Waals surface area contributed by atoms with Crippen LogP contribution in [0.25, 0.3) is 0 Å². The van der Waals surface area contributed by atoms with Gasteiger partial charge in [-0.15, -0.1) is 0 Å². The van der Waals surface area contributed by atoms with Crippen molar-refractivity contribution in [3.63, 3.8) is 0 Å². The highest BCUT2D eigenvalue weighted by Crippen LogP contribution is 2.14. The second kappa shape index (κ2) is 7.96. The van der Waals surface area contributed by atoms with Crippen LogP contribution in [0.3, 0.4) is 0 Å². The molecule has 0 radical (unpaired) electrons. The lowest BCUT2D eigenvalue weighted by atomic mass is 10.1. The van der Waals surface area contributed by atoms with Crippen molar-refractivity contribution >= 4 is 10.1 Å². The molecule has 0 aromatic heterocycles. The van der Waals surface area contributed by atoms with E-state index in [0.717, 1.165) is 16.9 Å². The highest BCUT2D eigenvalue weighted by atomic mass is 32.2. The van der Waals surface area contributed by atoms with Gasteiger partial charge >= 0.3 is 0 Å². The molecule has 5 heteroatoms. The van der Waals surface area contributed by atoms with Crippen LogP contribution >= 0.6 is 0 Å². The number of benzene rings is 2. The predicted octanol–water partition coefficient (Wildman–Crippen LogP) is 3.17. The average molecular weight is 320 g/mol. The van der Waals surface area contributed by atoms with Gasteiger partial charge in [0.1, 0.15) is 12.4 Å². The molecule has 2 aromatic rings. The van der Waals surface area contributed by atoms with E-state index in [-0.39, 0.29) is 12.4 Å². The summed E-state index contributed by atoms with van der Waals surface area (Å²) in [5, 5.41) is 0. The molecule has 4 nitrogen and oxygen atoms in total. The minimum Gasteiger partial charge on any atom is -0.489 e. The van der Waals surface area contributed by atoms with Crippen LogP contribution in [0.4, 0.5) is 0 Å². The fourth-order valence-corrected chi connectivity index (χ4v) is 2.37. The molecule has 0 saturated heterocycles. The Morgan fingerprint density at radius 1 is 0.909 bits per heavy atom. The van der Waals surface area contributed by atoms with Gasteiger partial charge in [0.2, 0.25) is 0 Å². The van der Waals surface area contributed by atoms with Crippen molar-refractivity contribution in [2.45, 2.75) is 20.0 Å². The van der Waals surface area contributed by atoms with Gasteiger partial charge in [0.15, 0.2) is 0 Å². The summed E-state index contributed by atoms with van der Waals surface area (Å²) >= 11 is 0. The first-order chi connectivity index (χ1) is 10.6. The molecule has 0 aliphatic carbocycles. The molecular formula is C17H20O4S. The van der Waals surface area contributed by atoms with Crippen molar-refractivity contribution in [1.29, 1.82) is 0 Å². The van der Waals surface area contributed by atoms with E-state index in [9.17, 15) is 8.42 Å². The maximum Gasteiger partial charge on any atom is 0.267 e. The molecule has 0 fully saturated rings. The van der Waals surface area contributed by atoms with Crippen molar-refractivity contribution < 1.29 is 17.3 Å². The van der Waals surface area contributed by atoms with Crippen molar-refractivity contribution in [3.8, 4) is 5.75 Å². The molecule has 0 aliphatic heterocycles.